The van der Waals surface area contributed by atoms with Crippen molar-refractivity contribution in [2.45, 2.75) is 31.7 Å². The maximum atomic E-state index is 13.8. The maximum absolute atomic E-state index is 13.8. The SMILES string of the molecule is CNC(C1=CCCCC1)c1ccc(F)c(F)c1F. The first-order valence-electron chi connectivity index (χ1n) is 6.14. The second-order valence-corrected chi connectivity index (χ2v) is 4.51. The standard InChI is InChI=1S/C14H16F3N/c1-18-14(9-5-3-2-4-6-9)10-7-8-11(15)13(17)12(10)16/h5,7-8,14,18H,2-4,6H2,1H3. The van der Waals surface area contributed by atoms with Gasteiger partial charge in [-0.25, -0.2) is 13.2 Å². The second-order valence-electron chi connectivity index (χ2n) is 4.51. The molecule has 1 unspecified atom stereocenters. The molecule has 1 aromatic carbocycles. The summed E-state index contributed by atoms with van der Waals surface area (Å²) < 4.78 is 39.9. The van der Waals surface area contributed by atoms with Gasteiger partial charge in [0, 0.05) is 5.56 Å². The van der Waals surface area contributed by atoms with Crippen LogP contribution in [0.4, 0.5) is 13.2 Å². The van der Waals surface area contributed by atoms with E-state index in [0.717, 1.165) is 37.3 Å². The van der Waals surface area contributed by atoms with E-state index in [4.69, 9.17) is 0 Å². The van der Waals surface area contributed by atoms with Crippen molar-refractivity contribution in [1.82, 2.24) is 5.32 Å². The summed E-state index contributed by atoms with van der Waals surface area (Å²) in [5.41, 5.74) is 1.22. The third-order valence-corrected chi connectivity index (χ3v) is 3.36. The number of allylic oxidation sites excluding steroid dienone is 1. The van der Waals surface area contributed by atoms with Crippen LogP contribution in [0, 0.1) is 17.5 Å². The Morgan fingerprint density at radius 2 is 1.89 bits per heavy atom. The van der Waals surface area contributed by atoms with Gasteiger partial charge in [-0.05, 0) is 38.8 Å². The summed E-state index contributed by atoms with van der Waals surface area (Å²) in [4.78, 5) is 0. The van der Waals surface area contributed by atoms with Gasteiger partial charge in [0.25, 0.3) is 0 Å². The van der Waals surface area contributed by atoms with E-state index in [1.165, 1.54) is 6.07 Å². The fourth-order valence-corrected chi connectivity index (χ4v) is 2.43. The van der Waals surface area contributed by atoms with Crippen LogP contribution in [0.25, 0.3) is 0 Å². The number of nitrogens with one attached hydrogen (secondary N) is 1. The fraction of sp³-hybridized carbons (Fsp3) is 0.429. The van der Waals surface area contributed by atoms with E-state index in [-0.39, 0.29) is 11.6 Å². The summed E-state index contributed by atoms with van der Waals surface area (Å²) in [7, 11) is 1.70. The first-order chi connectivity index (χ1) is 8.65. The van der Waals surface area contributed by atoms with Crippen molar-refractivity contribution in [3.63, 3.8) is 0 Å². The molecule has 0 aliphatic heterocycles. The van der Waals surface area contributed by atoms with Gasteiger partial charge in [-0.2, -0.15) is 0 Å². The Hall–Kier alpha value is -1.29. The van der Waals surface area contributed by atoms with E-state index in [0.29, 0.717) is 0 Å². The van der Waals surface area contributed by atoms with Crippen molar-refractivity contribution < 1.29 is 13.2 Å². The van der Waals surface area contributed by atoms with E-state index < -0.39 is 17.5 Å². The van der Waals surface area contributed by atoms with Crippen LogP contribution in [0.15, 0.2) is 23.8 Å². The lowest BCUT2D eigenvalue weighted by Gasteiger charge is -2.23. The molecule has 1 aromatic rings. The smallest absolute Gasteiger partial charge is 0.194 e. The van der Waals surface area contributed by atoms with Crippen LogP contribution < -0.4 is 5.32 Å². The third-order valence-electron chi connectivity index (χ3n) is 3.36. The number of rotatable bonds is 3. The van der Waals surface area contributed by atoms with Crippen LogP contribution in [0.3, 0.4) is 0 Å². The molecule has 1 nitrogen and oxygen atoms in total. The summed E-state index contributed by atoms with van der Waals surface area (Å²) in [6.45, 7) is 0. The van der Waals surface area contributed by atoms with Crippen LogP contribution >= 0.6 is 0 Å². The normalized spacial score (nSPS) is 17.4. The zero-order chi connectivity index (χ0) is 13.1. The van der Waals surface area contributed by atoms with E-state index in [2.05, 4.69) is 11.4 Å². The third kappa shape index (κ3) is 2.43. The van der Waals surface area contributed by atoms with Crippen LogP contribution in [-0.4, -0.2) is 7.05 Å². The number of halogens is 3. The molecule has 1 atom stereocenters. The second kappa shape index (κ2) is 5.57. The Labute approximate surface area is 105 Å². The highest BCUT2D eigenvalue weighted by atomic mass is 19.2. The molecule has 0 saturated carbocycles. The summed E-state index contributed by atoms with van der Waals surface area (Å²) >= 11 is 0. The van der Waals surface area contributed by atoms with Crippen molar-refractivity contribution in [2.75, 3.05) is 7.05 Å². The average molecular weight is 255 g/mol. The molecule has 2 rings (SSSR count). The minimum Gasteiger partial charge on any atom is -0.310 e. The molecule has 98 valence electrons. The molecule has 0 saturated heterocycles. The minimum atomic E-state index is -1.40. The lowest BCUT2D eigenvalue weighted by molar-refractivity contribution is 0.432. The van der Waals surface area contributed by atoms with Crippen LogP contribution in [-0.2, 0) is 0 Å². The molecule has 0 spiro atoms. The largest absolute Gasteiger partial charge is 0.310 e. The highest BCUT2D eigenvalue weighted by Gasteiger charge is 2.23. The van der Waals surface area contributed by atoms with Crippen LogP contribution in [0.1, 0.15) is 37.3 Å². The van der Waals surface area contributed by atoms with E-state index in [1.54, 1.807) is 7.05 Å². The highest BCUT2D eigenvalue weighted by molar-refractivity contribution is 5.31. The molecule has 0 bridgehead atoms. The molecule has 0 amide bonds. The van der Waals surface area contributed by atoms with E-state index in [9.17, 15) is 13.2 Å². The lowest BCUT2D eigenvalue weighted by Crippen LogP contribution is -2.21. The first kappa shape index (κ1) is 13.1. The molecular weight excluding hydrogens is 239 g/mol. The van der Waals surface area contributed by atoms with Crippen molar-refractivity contribution in [2.24, 2.45) is 0 Å². The Morgan fingerprint density at radius 1 is 1.11 bits per heavy atom. The van der Waals surface area contributed by atoms with Crippen LogP contribution in [0.2, 0.25) is 0 Å². The summed E-state index contributed by atoms with van der Waals surface area (Å²) in [6, 6.07) is 1.91. The predicted molar refractivity (Wildman–Crippen MR) is 64.7 cm³/mol. The Morgan fingerprint density at radius 3 is 2.50 bits per heavy atom. The number of hydrogen-bond donors (Lipinski definition) is 1. The maximum Gasteiger partial charge on any atom is 0.194 e. The van der Waals surface area contributed by atoms with Gasteiger partial charge in [0.05, 0.1) is 6.04 Å². The molecule has 0 fully saturated rings. The van der Waals surface area contributed by atoms with Gasteiger partial charge in [0.1, 0.15) is 0 Å². The quantitative estimate of drug-likeness (QED) is 0.638. The van der Waals surface area contributed by atoms with Crippen LogP contribution in [0.5, 0.6) is 0 Å². The topological polar surface area (TPSA) is 12.0 Å². The molecule has 0 aromatic heterocycles. The summed E-state index contributed by atoms with van der Waals surface area (Å²) in [5, 5.41) is 2.98. The van der Waals surface area contributed by atoms with Crippen molar-refractivity contribution in [3.05, 3.63) is 46.8 Å². The zero-order valence-corrected chi connectivity index (χ0v) is 10.3. The first-order valence-corrected chi connectivity index (χ1v) is 6.14. The van der Waals surface area contributed by atoms with Crippen molar-refractivity contribution >= 4 is 0 Å². The summed E-state index contributed by atoms with van der Waals surface area (Å²) in [5.74, 6) is -3.64. The van der Waals surface area contributed by atoms with Gasteiger partial charge in [-0.3, -0.25) is 0 Å². The zero-order valence-electron chi connectivity index (χ0n) is 10.3. The monoisotopic (exact) mass is 255 g/mol. The highest BCUT2D eigenvalue weighted by Crippen LogP contribution is 2.31. The molecule has 18 heavy (non-hydrogen) atoms. The molecule has 1 aliphatic carbocycles. The Bertz CT molecular complexity index is 468. The molecule has 0 heterocycles. The van der Waals surface area contributed by atoms with Gasteiger partial charge < -0.3 is 5.32 Å². The number of hydrogen-bond acceptors (Lipinski definition) is 1. The number of benzene rings is 1. The minimum absolute atomic E-state index is 0.171. The average Bonchev–Trinajstić information content (AvgIpc) is 2.41. The van der Waals surface area contributed by atoms with Gasteiger partial charge in [0.15, 0.2) is 17.5 Å². The molecule has 4 heteroatoms. The molecular formula is C14H16F3N. The van der Waals surface area contributed by atoms with Gasteiger partial charge >= 0.3 is 0 Å². The van der Waals surface area contributed by atoms with Crippen molar-refractivity contribution in [1.29, 1.82) is 0 Å². The molecule has 0 radical (unpaired) electrons. The lowest BCUT2D eigenvalue weighted by atomic mass is 9.89. The molecule has 1 N–H and O–H groups in total. The summed E-state index contributed by atoms with van der Waals surface area (Å²) in [6.07, 6.45) is 6.06. The van der Waals surface area contributed by atoms with E-state index in [1.807, 2.05) is 0 Å². The van der Waals surface area contributed by atoms with Crippen molar-refractivity contribution in [3.8, 4) is 0 Å². The fourth-order valence-electron chi connectivity index (χ4n) is 2.43. The number of likely N-dealkylation sites (N-methyl/N-ethyl adjacent to an activating group) is 1. The Balaban J connectivity index is 2.39. The van der Waals surface area contributed by atoms with Gasteiger partial charge in [-0.1, -0.05) is 17.7 Å². The Kier molecular flexibility index (Phi) is 4.07. The van der Waals surface area contributed by atoms with E-state index >= 15 is 0 Å². The van der Waals surface area contributed by atoms with Gasteiger partial charge in [-0.15, -0.1) is 0 Å². The van der Waals surface area contributed by atoms with Gasteiger partial charge in [0.2, 0.25) is 0 Å². The predicted octanol–water partition coefficient (Wildman–Crippen LogP) is 3.86. The molecule has 1 aliphatic rings.